The van der Waals surface area contributed by atoms with E-state index in [1.54, 1.807) is 14.2 Å². The second-order valence-electron chi connectivity index (χ2n) is 3.74. The Hall–Kier alpha value is -0.650. The van der Waals surface area contributed by atoms with Crippen LogP contribution in [0.1, 0.15) is 20.3 Å². The molecule has 0 spiro atoms. The fraction of sp³-hybridized carbons (Fsp3) is 0.900. The van der Waals surface area contributed by atoms with Gasteiger partial charge in [-0.25, -0.2) is 0 Å². The molecule has 5 heteroatoms. The fourth-order valence-corrected chi connectivity index (χ4v) is 1.86. The van der Waals surface area contributed by atoms with E-state index in [2.05, 4.69) is 5.32 Å². The highest BCUT2D eigenvalue weighted by molar-refractivity contribution is 5.73. The number of nitrogens with one attached hydrogen (secondary N) is 1. The SMILES string of the molecule is CO[C@H]1C[C@@H](OC)[C@H](NC(C)=O)[C@@H](C)O1. The summed E-state index contributed by atoms with van der Waals surface area (Å²) >= 11 is 0. The molecule has 0 radical (unpaired) electrons. The average molecular weight is 217 g/mol. The highest BCUT2D eigenvalue weighted by atomic mass is 16.7. The first-order chi connectivity index (χ1) is 7.08. The van der Waals surface area contributed by atoms with Gasteiger partial charge < -0.3 is 19.5 Å². The van der Waals surface area contributed by atoms with E-state index in [-0.39, 0.29) is 30.4 Å². The van der Waals surface area contributed by atoms with Gasteiger partial charge in [-0.05, 0) is 6.92 Å². The van der Waals surface area contributed by atoms with Gasteiger partial charge in [0.1, 0.15) is 0 Å². The number of carbonyl (C=O) groups is 1. The molecule has 4 atom stereocenters. The Labute approximate surface area is 90.1 Å². The molecule has 1 N–H and O–H groups in total. The third-order valence-corrected chi connectivity index (χ3v) is 2.63. The van der Waals surface area contributed by atoms with E-state index in [0.29, 0.717) is 6.42 Å². The van der Waals surface area contributed by atoms with E-state index in [9.17, 15) is 4.79 Å². The van der Waals surface area contributed by atoms with Crippen molar-refractivity contribution in [1.29, 1.82) is 0 Å². The van der Waals surface area contributed by atoms with Crippen molar-refractivity contribution >= 4 is 5.91 Å². The molecule has 1 aliphatic heterocycles. The maximum absolute atomic E-state index is 11.0. The van der Waals surface area contributed by atoms with Gasteiger partial charge in [-0.2, -0.15) is 0 Å². The van der Waals surface area contributed by atoms with Gasteiger partial charge >= 0.3 is 0 Å². The molecule has 0 unspecified atom stereocenters. The number of methoxy groups -OCH3 is 2. The molecular weight excluding hydrogens is 198 g/mol. The lowest BCUT2D eigenvalue weighted by Crippen LogP contribution is -2.56. The van der Waals surface area contributed by atoms with Crippen molar-refractivity contribution in [1.82, 2.24) is 5.32 Å². The van der Waals surface area contributed by atoms with Gasteiger partial charge in [0.05, 0.1) is 18.2 Å². The van der Waals surface area contributed by atoms with Crippen molar-refractivity contribution in [2.75, 3.05) is 14.2 Å². The Morgan fingerprint density at radius 1 is 1.40 bits per heavy atom. The number of hydrogen-bond acceptors (Lipinski definition) is 4. The first kappa shape index (κ1) is 12.4. The van der Waals surface area contributed by atoms with Crippen molar-refractivity contribution in [2.45, 2.75) is 44.8 Å². The molecule has 0 aromatic rings. The lowest BCUT2D eigenvalue weighted by Gasteiger charge is -2.39. The molecular formula is C10H19NO4. The zero-order valence-electron chi connectivity index (χ0n) is 9.65. The molecule has 1 aliphatic rings. The van der Waals surface area contributed by atoms with E-state index >= 15 is 0 Å². The molecule has 0 bridgehead atoms. The summed E-state index contributed by atoms with van der Waals surface area (Å²) in [6.45, 7) is 3.39. The van der Waals surface area contributed by atoms with Gasteiger partial charge in [0.2, 0.25) is 5.91 Å². The number of amides is 1. The van der Waals surface area contributed by atoms with Gasteiger partial charge in [-0.1, -0.05) is 0 Å². The molecule has 0 aromatic heterocycles. The Morgan fingerprint density at radius 3 is 2.53 bits per heavy atom. The first-order valence-electron chi connectivity index (χ1n) is 5.06. The van der Waals surface area contributed by atoms with Gasteiger partial charge in [0.15, 0.2) is 6.29 Å². The summed E-state index contributed by atoms with van der Waals surface area (Å²) in [6, 6.07) is -0.112. The quantitative estimate of drug-likeness (QED) is 0.738. The number of carbonyl (C=O) groups excluding carboxylic acids is 1. The Balaban J connectivity index is 2.64. The fourth-order valence-electron chi connectivity index (χ4n) is 1.86. The molecule has 15 heavy (non-hydrogen) atoms. The van der Waals surface area contributed by atoms with Crippen LogP contribution in [0, 0.1) is 0 Å². The third-order valence-electron chi connectivity index (χ3n) is 2.63. The summed E-state index contributed by atoms with van der Waals surface area (Å²) in [4.78, 5) is 11.0. The lowest BCUT2D eigenvalue weighted by molar-refractivity contribution is -0.214. The molecule has 1 saturated heterocycles. The Bertz CT molecular complexity index is 221. The van der Waals surface area contributed by atoms with Gasteiger partial charge in [-0.15, -0.1) is 0 Å². The maximum atomic E-state index is 11.0. The summed E-state index contributed by atoms with van der Waals surface area (Å²) in [5.74, 6) is -0.0756. The molecule has 5 nitrogen and oxygen atoms in total. The Kier molecular flexibility index (Phi) is 4.50. The summed E-state index contributed by atoms with van der Waals surface area (Å²) < 4.78 is 16.0. The minimum Gasteiger partial charge on any atom is -0.379 e. The van der Waals surface area contributed by atoms with Crippen LogP contribution >= 0.6 is 0 Å². The number of rotatable bonds is 3. The topological polar surface area (TPSA) is 56.8 Å². The van der Waals surface area contributed by atoms with E-state index in [4.69, 9.17) is 14.2 Å². The average Bonchev–Trinajstić information content (AvgIpc) is 2.20. The maximum Gasteiger partial charge on any atom is 0.217 e. The van der Waals surface area contributed by atoms with Crippen molar-refractivity contribution in [3.05, 3.63) is 0 Å². The largest absolute Gasteiger partial charge is 0.379 e. The monoisotopic (exact) mass is 217 g/mol. The first-order valence-corrected chi connectivity index (χ1v) is 5.06. The van der Waals surface area contributed by atoms with Crippen LogP contribution in [0.2, 0.25) is 0 Å². The number of hydrogen-bond donors (Lipinski definition) is 1. The van der Waals surface area contributed by atoms with Gasteiger partial charge in [-0.3, -0.25) is 4.79 Å². The van der Waals surface area contributed by atoms with Crippen molar-refractivity contribution in [2.24, 2.45) is 0 Å². The predicted molar refractivity (Wildman–Crippen MR) is 54.4 cm³/mol. The van der Waals surface area contributed by atoms with E-state index in [0.717, 1.165) is 0 Å². The normalized spacial score (nSPS) is 36.3. The van der Waals surface area contributed by atoms with Crippen LogP contribution in [-0.4, -0.2) is 44.7 Å². The number of ether oxygens (including phenoxy) is 3. The smallest absolute Gasteiger partial charge is 0.217 e. The van der Waals surface area contributed by atoms with Gasteiger partial charge in [0.25, 0.3) is 0 Å². The molecule has 1 fully saturated rings. The predicted octanol–water partition coefficient (Wildman–Crippen LogP) is 0.287. The van der Waals surface area contributed by atoms with Crippen molar-refractivity contribution < 1.29 is 19.0 Å². The highest BCUT2D eigenvalue weighted by Gasteiger charge is 2.37. The van der Waals surface area contributed by atoms with Crippen LogP contribution < -0.4 is 5.32 Å². The molecule has 1 rings (SSSR count). The van der Waals surface area contributed by atoms with Crippen LogP contribution in [0.5, 0.6) is 0 Å². The Morgan fingerprint density at radius 2 is 2.07 bits per heavy atom. The molecule has 88 valence electrons. The van der Waals surface area contributed by atoms with Crippen LogP contribution in [0.4, 0.5) is 0 Å². The van der Waals surface area contributed by atoms with Crippen LogP contribution in [0.25, 0.3) is 0 Å². The van der Waals surface area contributed by atoms with Crippen molar-refractivity contribution in [3.63, 3.8) is 0 Å². The summed E-state index contributed by atoms with van der Waals surface area (Å²) in [7, 11) is 3.23. The standard InChI is InChI=1S/C10H19NO4/c1-6-10(11-7(2)12)8(13-3)5-9(14-4)15-6/h6,8-10H,5H2,1-4H3,(H,11,12)/t6-,8-,9-,10-/m1/s1. The van der Waals surface area contributed by atoms with E-state index < -0.39 is 0 Å². The lowest BCUT2D eigenvalue weighted by atomic mass is 9.99. The van der Waals surface area contributed by atoms with Crippen LogP contribution in [0.15, 0.2) is 0 Å². The minimum absolute atomic E-state index is 0.0670. The van der Waals surface area contributed by atoms with Crippen LogP contribution in [0.3, 0.4) is 0 Å². The summed E-state index contributed by atoms with van der Waals surface area (Å²) in [5, 5.41) is 2.83. The van der Waals surface area contributed by atoms with E-state index in [1.807, 2.05) is 6.92 Å². The second-order valence-corrected chi connectivity index (χ2v) is 3.74. The molecule has 0 aliphatic carbocycles. The van der Waals surface area contributed by atoms with E-state index in [1.165, 1.54) is 6.92 Å². The van der Waals surface area contributed by atoms with Crippen molar-refractivity contribution in [3.8, 4) is 0 Å². The third kappa shape index (κ3) is 3.15. The second kappa shape index (κ2) is 5.44. The van der Waals surface area contributed by atoms with Crippen LogP contribution in [-0.2, 0) is 19.0 Å². The van der Waals surface area contributed by atoms with Gasteiger partial charge in [0, 0.05) is 27.6 Å². The highest BCUT2D eigenvalue weighted by Crippen LogP contribution is 2.22. The molecule has 0 saturated carbocycles. The zero-order chi connectivity index (χ0) is 11.4. The molecule has 1 amide bonds. The summed E-state index contributed by atoms with van der Waals surface area (Å²) in [6.07, 6.45) is 0.192. The minimum atomic E-state index is -0.255. The summed E-state index contributed by atoms with van der Waals surface area (Å²) in [5.41, 5.74) is 0. The molecule has 0 aromatic carbocycles. The zero-order valence-corrected chi connectivity index (χ0v) is 9.65. The molecule has 1 heterocycles.